The van der Waals surface area contributed by atoms with E-state index in [2.05, 4.69) is 31.3 Å². The molecule has 1 aliphatic rings. The minimum atomic E-state index is -4.50. The predicted octanol–water partition coefficient (Wildman–Crippen LogP) is 8.90. The number of hydrogen-bond donors (Lipinski definition) is 6. The first kappa shape index (κ1) is 69.4. The lowest BCUT2D eigenvalue weighted by Crippen LogP contribution is -2.59. The lowest BCUT2D eigenvalue weighted by atomic mass is 9.93. The summed E-state index contributed by atoms with van der Waals surface area (Å²) in [5.41, 5.74) is -1.18. The fourth-order valence-electron chi connectivity index (χ4n) is 8.76. The number of aliphatic hydroxyl groups is 1. The normalized spacial score (nSPS) is 16.6. The van der Waals surface area contributed by atoms with Crippen molar-refractivity contribution in [1.29, 1.82) is 0 Å². The average molecular weight is 1240 g/mol. The molecule has 22 nitrogen and oxygen atoms in total. The maximum Gasteiger partial charge on any atom is 0.514 e. The van der Waals surface area contributed by atoms with E-state index < -0.39 is 126 Å². The third-order valence-electron chi connectivity index (χ3n) is 12.9. The fourth-order valence-corrected chi connectivity index (χ4v) is 8.89. The number of amides is 6. The third kappa shape index (κ3) is 20.4. The van der Waals surface area contributed by atoms with Crippen molar-refractivity contribution in [2.45, 2.75) is 168 Å². The van der Waals surface area contributed by atoms with Crippen LogP contribution in [0, 0.1) is 0 Å². The van der Waals surface area contributed by atoms with Crippen LogP contribution in [0.25, 0.3) is 22.3 Å². The Hall–Kier alpha value is -8.38. The van der Waals surface area contributed by atoms with Gasteiger partial charge in [0.1, 0.15) is 58.6 Å². The Labute approximate surface area is 509 Å². The molecule has 6 N–H and O–H groups in total. The highest BCUT2D eigenvalue weighted by atomic mass is 35.5. The van der Waals surface area contributed by atoms with Gasteiger partial charge in [0.2, 0.25) is 23.6 Å². The quantitative estimate of drug-likeness (QED) is 0.0234. The van der Waals surface area contributed by atoms with Gasteiger partial charge in [-0.25, -0.2) is 19.2 Å². The second-order valence-corrected chi connectivity index (χ2v) is 24.1. The molecular formula is C62H77ClF2N6O16. The van der Waals surface area contributed by atoms with E-state index in [1.807, 2.05) is 12.1 Å². The van der Waals surface area contributed by atoms with Gasteiger partial charge in [0.05, 0.1) is 12.6 Å². The highest BCUT2D eigenvalue weighted by Crippen LogP contribution is 2.41. The summed E-state index contributed by atoms with van der Waals surface area (Å²) in [6, 6.07) is 13.4. The van der Waals surface area contributed by atoms with E-state index in [0.717, 1.165) is 23.0 Å². The summed E-state index contributed by atoms with van der Waals surface area (Å²) in [7, 11) is 1.27. The molecule has 25 heteroatoms. The van der Waals surface area contributed by atoms with Gasteiger partial charge in [0.15, 0.2) is 0 Å². The standard InChI is InChI=1S/C62H77ClF2N6O16/c1-14-82-55(78)62(64,65)49(72)34(2)67-52(75)45-32-36-18-28-46(83-57(80)86-60(7,8)9)42(31-36)43-33-40(25-29-47(43)84-58(81)87-61(10,11)12)48(53(76)68-35(3)50(73)70-45)71(13)54(77)44(17-15-16-30-66-56(79)85-59(4,5)6)69-51(74)39-21-19-37(20-22-39)38-23-26-41(63)27-24-38/h18-29,31,33-35,44-45,48-49,72H,14-17,30,32H2,1-13H3,(H,66,79)(H,67,75)(H,68,76)(H,69,74)(H,70,73)/t34-,35-,44-,45-,48-,49?/m0/s1. The smallest absolute Gasteiger partial charge is 0.461 e. The molecule has 6 amide bonds. The van der Waals surface area contributed by atoms with Gasteiger partial charge >= 0.3 is 30.3 Å². The van der Waals surface area contributed by atoms with Crippen molar-refractivity contribution in [1.82, 2.24) is 31.5 Å². The van der Waals surface area contributed by atoms with Crippen molar-refractivity contribution in [3.63, 3.8) is 0 Å². The zero-order chi connectivity index (χ0) is 64.9. The number of benzene rings is 4. The summed E-state index contributed by atoms with van der Waals surface area (Å²) in [5, 5.41) is 24.0. The number of ether oxygens (including phenoxy) is 6. The van der Waals surface area contributed by atoms with Crippen LogP contribution in [0.2, 0.25) is 5.02 Å². The molecule has 6 atom stereocenters. The summed E-state index contributed by atoms with van der Waals surface area (Å²) in [4.78, 5) is 126. The lowest BCUT2D eigenvalue weighted by molar-refractivity contribution is -0.191. The molecule has 0 radical (unpaired) electrons. The zero-order valence-corrected chi connectivity index (χ0v) is 51.7. The summed E-state index contributed by atoms with van der Waals surface area (Å²) in [5.74, 6) is -11.7. The Bertz CT molecular complexity index is 3160. The molecule has 0 fully saturated rings. The predicted molar refractivity (Wildman–Crippen MR) is 316 cm³/mol. The van der Waals surface area contributed by atoms with Crippen LogP contribution in [-0.2, 0) is 49.3 Å². The molecule has 1 aliphatic heterocycles. The summed E-state index contributed by atoms with van der Waals surface area (Å²) in [6.07, 6.45) is -5.89. The maximum atomic E-state index is 15.3. The first-order valence-electron chi connectivity index (χ1n) is 28.1. The van der Waals surface area contributed by atoms with Crippen LogP contribution in [0.4, 0.5) is 23.2 Å². The van der Waals surface area contributed by atoms with Gasteiger partial charge in [-0.2, -0.15) is 8.78 Å². The number of nitrogens with one attached hydrogen (secondary N) is 5. The number of halogens is 3. The van der Waals surface area contributed by atoms with Gasteiger partial charge in [-0.1, -0.05) is 48.0 Å². The van der Waals surface area contributed by atoms with Gasteiger partial charge in [-0.05, 0) is 173 Å². The molecule has 5 rings (SSSR count). The summed E-state index contributed by atoms with van der Waals surface area (Å²) < 4.78 is 62.6. The van der Waals surface area contributed by atoms with Crippen LogP contribution in [0.15, 0.2) is 84.9 Å². The van der Waals surface area contributed by atoms with Gasteiger partial charge in [0.25, 0.3) is 5.91 Å². The third-order valence-corrected chi connectivity index (χ3v) is 13.2. The molecule has 0 spiro atoms. The van der Waals surface area contributed by atoms with Gasteiger partial charge < -0.3 is 65.0 Å². The minimum Gasteiger partial charge on any atom is -0.461 e. The number of alkyl carbamates (subject to hydrolysis) is 1. The van der Waals surface area contributed by atoms with Crippen LogP contribution < -0.4 is 36.1 Å². The van der Waals surface area contributed by atoms with Gasteiger partial charge in [-0.15, -0.1) is 0 Å². The Balaban J connectivity index is 1.67. The zero-order valence-electron chi connectivity index (χ0n) is 50.9. The van der Waals surface area contributed by atoms with E-state index in [4.69, 9.17) is 35.3 Å². The second kappa shape index (κ2) is 29.3. The first-order valence-corrected chi connectivity index (χ1v) is 28.5. The van der Waals surface area contributed by atoms with E-state index in [1.165, 1.54) is 57.3 Å². The Morgan fingerprint density at radius 1 is 0.724 bits per heavy atom. The highest BCUT2D eigenvalue weighted by Gasteiger charge is 2.51. The number of likely N-dealkylation sites (N-methyl/N-ethyl adjacent to an activating group) is 1. The average Bonchev–Trinajstić information content (AvgIpc) is 1.07. The van der Waals surface area contributed by atoms with E-state index in [9.17, 15) is 38.7 Å². The molecule has 0 saturated heterocycles. The molecule has 472 valence electrons. The molecule has 4 aromatic rings. The fraction of sp³-hybridized carbons (Fsp3) is 0.468. The van der Waals surface area contributed by atoms with Crippen molar-refractivity contribution in [2.75, 3.05) is 20.2 Å². The molecule has 4 aromatic carbocycles. The van der Waals surface area contributed by atoms with E-state index >= 15 is 18.4 Å². The van der Waals surface area contributed by atoms with Crippen LogP contribution in [-0.4, -0.2) is 137 Å². The largest absolute Gasteiger partial charge is 0.514 e. The molecule has 87 heavy (non-hydrogen) atoms. The van der Waals surface area contributed by atoms with Gasteiger partial charge in [0, 0.05) is 41.7 Å². The van der Waals surface area contributed by atoms with Crippen molar-refractivity contribution < 1.29 is 85.5 Å². The SMILES string of the molecule is CCOC(=O)C(F)(F)C(O)[C@H](C)NC(=O)[C@@H]1Cc2ccc(OC(=O)OC(C)(C)C)c(c2)-c2cc(ccc2OC(=O)OC(C)(C)C)[C@H](N(C)C(=O)[C@H](CCCCNC(=O)OC(C)(C)C)NC(=O)c2ccc(-c3ccc(Cl)cc3)cc2)C(=O)N[C@@H](C)C(=O)N1. The van der Waals surface area contributed by atoms with Crippen LogP contribution in [0.5, 0.6) is 11.5 Å². The molecule has 0 aliphatic carbocycles. The van der Waals surface area contributed by atoms with Gasteiger partial charge in [-0.3, -0.25) is 24.0 Å². The van der Waals surface area contributed by atoms with Crippen molar-refractivity contribution >= 4 is 65.5 Å². The molecule has 0 saturated carbocycles. The van der Waals surface area contributed by atoms with Crippen LogP contribution in [0.1, 0.15) is 130 Å². The summed E-state index contributed by atoms with van der Waals surface area (Å²) in [6.45, 7) is 17.8. The summed E-state index contributed by atoms with van der Waals surface area (Å²) >= 11 is 6.11. The number of fused-ring (bicyclic) bond motifs is 5. The number of esters is 1. The number of rotatable bonds is 18. The molecular weight excluding hydrogens is 1160 g/mol. The van der Waals surface area contributed by atoms with E-state index in [-0.39, 0.29) is 58.7 Å². The maximum absolute atomic E-state index is 15.3. The number of carbonyl (C=O) groups excluding carboxylic acids is 9. The molecule has 0 aromatic heterocycles. The number of unbranched alkanes of at least 4 members (excludes halogenated alkanes) is 1. The monoisotopic (exact) mass is 1230 g/mol. The van der Waals surface area contributed by atoms with E-state index in [1.54, 1.807) is 98.7 Å². The Morgan fingerprint density at radius 2 is 1.26 bits per heavy atom. The second-order valence-electron chi connectivity index (χ2n) is 23.7. The van der Waals surface area contributed by atoms with E-state index in [0.29, 0.717) is 11.4 Å². The van der Waals surface area contributed by atoms with Crippen molar-refractivity contribution in [2.24, 2.45) is 0 Å². The van der Waals surface area contributed by atoms with Crippen LogP contribution >= 0.6 is 11.6 Å². The minimum absolute atomic E-state index is 0.00187. The Morgan fingerprint density at radius 3 is 1.82 bits per heavy atom. The van der Waals surface area contributed by atoms with Crippen LogP contribution in [0.3, 0.4) is 0 Å². The number of aliphatic hydroxyl groups excluding tert-OH is 1. The topological polar surface area (TPSA) is 293 Å². The number of hydrogen-bond acceptors (Lipinski definition) is 16. The number of alkyl halides is 2. The van der Waals surface area contributed by atoms with Crippen molar-refractivity contribution in [3.8, 4) is 33.8 Å². The molecule has 1 heterocycles. The first-order chi connectivity index (χ1) is 40.5. The highest BCUT2D eigenvalue weighted by molar-refractivity contribution is 6.30. The molecule has 4 bridgehead atoms. The lowest BCUT2D eigenvalue weighted by Gasteiger charge is -2.33. The molecule has 1 unspecified atom stereocenters. The van der Waals surface area contributed by atoms with Crippen molar-refractivity contribution in [3.05, 3.63) is 107 Å². The Kier molecular flexibility index (Phi) is 23.4. The number of carbonyl (C=O) groups is 9. The number of nitrogens with zero attached hydrogens (tertiary/aromatic N) is 1.